The molecule has 0 aromatic heterocycles. The van der Waals surface area contributed by atoms with Gasteiger partial charge in [0.15, 0.2) is 0 Å². The van der Waals surface area contributed by atoms with Crippen LogP contribution in [0, 0.1) is 11.6 Å². The third-order valence-electron chi connectivity index (χ3n) is 1.74. The highest BCUT2D eigenvalue weighted by molar-refractivity contribution is 9.10. The first-order chi connectivity index (χ1) is 6.16. The van der Waals surface area contributed by atoms with Crippen LogP contribution in [0.15, 0.2) is 29.3 Å². The Balaban J connectivity index is 3.02. The van der Waals surface area contributed by atoms with Crippen LogP contribution >= 0.6 is 15.9 Å². The smallest absolute Gasteiger partial charge is 0.143 e. The molecular weight excluding hydrogens is 238 g/mol. The maximum atomic E-state index is 13.3. The van der Waals surface area contributed by atoms with Crippen LogP contribution < -0.4 is 0 Å². The number of benzene rings is 1. The molecule has 0 amide bonds. The zero-order valence-corrected chi connectivity index (χ0v) is 8.57. The molecule has 0 aliphatic carbocycles. The van der Waals surface area contributed by atoms with Crippen LogP contribution in [0.25, 0.3) is 0 Å². The highest BCUT2D eigenvalue weighted by Crippen LogP contribution is 2.22. The fraction of sp³-hybridized carbons (Fsp3) is 0.200. The van der Waals surface area contributed by atoms with Crippen molar-refractivity contribution in [2.24, 2.45) is 0 Å². The minimum absolute atomic E-state index is 0.120. The van der Waals surface area contributed by atoms with Gasteiger partial charge in [0.1, 0.15) is 11.6 Å². The fourth-order valence-corrected chi connectivity index (χ4v) is 1.42. The molecule has 1 aromatic rings. The Morgan fingerprint density at radius 1 is 1.38 bits per heavy atom. The molecule has 0 nitrogen and oxygen atoms in total. The lowest BCUT2D eigenvalue weighted by Gasteiger charge is -2.04. The molecule has 0 aliphatic heterocycles. The number of hydrogen-bond acceptors (Lipinski definition) is 0. The molecule has 1 rings (SSSR count). The van der Waals surface area contributed by atoms with Gasteiger partial charge in [0, 0.05) is 5.56 Å². The third kappa shape index (κ3) is 2.37. The molecule has 0 bridgehead atoms. The van der Waals surface area contributed by atoms with Gasteiger partial charge < -0.3 is 0 Å². The number of hydrogen-bond donors (Lipinski definition) is 0. The van der Waals surface area contributed by atoms with Crippen molar-refractivity contribution in [2.75, 3.05) is 0 Å². The van der Waals surface area contributed by atoms with Crippen LogP contribution in [-0.2, 0) is 6.42 Å². The minimum atomic E-state index is -0.512. The van der Waals surface area contributed by atoms with Crippen molar-refractivity contribution < 1.29 is 8.78 Å². The van der Waals surface area contributed by atoms with Gasteiger partial charge in [-0.25, -0.2) is 8.78 Å². The fourth-order valence-electron chi connectivity index (χ4n) is 1.04. The summed E-state index contributed by atoms with van der Waals surface area (Å²) in [4.78, 5) is 0. The minimum Gasteiger partial charge on any atom is -0.207 e. The van der Waals surface area contributed by atoms with Gasteiger partial charge in [0.2, 0.25) is 0 Å². The first-order valence-corrected chi connectivity index (χ1v) is 4.69. The first-order valence-electron chi connectivity index (χ1n) is 3.90. The lowest BCUT2D eigenvalue weighted by atomic mass is 10.1. The topological polar surface area (TPSA) is 0 Å². The van der Waals surface area contributed by atoms with Crippen LogP contribution in [0.2, 0.25) is 0 Å². The monoisotopic (exact) mass is 246 g/mol. The van der Waals surface area contributed by atoms with Crippen LogP contribution in [0.1, 0.15) is 12.0 Å². The summed E-state index contributed by atoms with van der Waals surface area (Å²) >= 11 is 3.00. The summed E-state index contributed by atoms with van der Waals surface area (Å²) in [6.07, 6.45) is 2.56. The molecule has 0 N–H and O–H groups in total. The van der Waals surface area contributed by atoms with Crippen molar-refractivity contribution in [1.29, 1.82) is 0 Å². The molecule has 1 aromatic carbocycles. The van der Waals surface area contributed by atoms with Gasteiger partial charge in [-0.05, 0) is 40.9 Å². The molecular formula is C10H9BrF2. The van der Waals surface area contributed by atoms with E-state index < -0.39 is 11.6 Å². The van der Waals surface area contributed by atoms with Crippen molar-refractivity contribution in [3.05, 3.63) is 46.5 Å². The van der Waals surface area contributed by atoms with Crippen LogP contribution in [0.5, 0.6) is 0 Å². The molecule has 0 heterocycles. The van der Waals surface area contributed by atoms with Crippen LogP contribution in [0.3, 0.4) is 0 Å². The lowest BCUT2D eigenvalue weighted by molar-refractivity contribution is 0.551. The highest BCUT2D eigenvalue weighted by Gasteiger charge is 2.10. The molecule has 0 unspecified atom stereocenters. The van der Waals surface area contributed by atoms with E-state index in [9.17, 15) is 8.78 Å². The Labute approximate surface area is 84.4 Å². The Morgan fingerprint density at radius 2 is 2.08 bits per heavy atom. The number of halogens is 3. The zero-order valence-electron chi connectivity index (χ0n) is 6.99. The Bertz CT molecular complexity index is 321. The van der Waals surface area contributed by atoms with Gasteiger partial charge in [-0.1, -0.05) is 6.08 Å². The van der Waals surface area contributed by atoms with Crippen molar-refractivity contribution in [1.82, 2.24) is 0 Å². The molecule has 3 heteroatoms. The quantitative estimate of drug-likeness (QED) is 0.562. The molecule has 0 spiro atoms. The molecule has 0 radical (unpaired) electrons. The van der Waals surface area contributed by atoms with E-state index in [1.807, 2.05) is 0 Å². The number of allylic oxidation sites excluding steroid dienone is 1. The van der Waals surface area contributed by atoms with Crippen LogP contribution in [-0.4, -0.2) is 0 Å². The van der Waals surface area contributed by atoms with Crippen LogP contribution in [0.4, 0.5) is 8.78 Å². The summed E-state index contributed by atoms with van der Waals surface area (Å²) in [6, 6.07) is 2.62. The van der Waals surface area contributed by atoms with Crippen molar-refractivity contribution in [2.45, 2.75) is 12.8 Å². The normalized spacial score (nSPS) is 10.1. The number of rotatable bonds is 3. The zero-order chi connectivity index (χ0) is 9.84. The van der Waals surface area contributed by atoms with E-state index >= 15 is 0 Å². The van der Waals surface area contributed by atoms with E-state index in [2.05, 4.69) is 22.5 Å². The predicted molar refractivity (Wildman–Crippen MR) is 52.6 cm³/mol. The summed E-state index contributed by atoms with van der Waals surface area (Å²) in [6.45, 7) is 3.50. The predicted octanol–water partition coefficient (Wildman–Crippen LogP) is 3.85. The van der Waals surface area contributed by atoms with Gasteiger partial charge in [-0.2, -0.15) is 0 Å². The molecule has 0 saturated heterocycles. The van der Waals surface area contributed by atoms with E-state index in [1.54, 1.807) is 6.08 Å². The molecule has 0 saturated carbocycles. The maximum absolute atomic E-state index is 13.3. The largest absolute Gasteiger partial charge is 0.207 e. The molecule has 13 heavy (non-hydrogen) atoms. The summed E-state index contributed by atoms with van der Waals surface area (Å²) in [7, 11) is 0. The van der Waals surface area contributed by atoms with E-state index in [4.69, 9.17) is 0 Å². The van der Waals surface area contributed by atoms with E-state index in [0.29, 0.717) is 17.3 Å². The average molecular weight is 247 g/mol. The van der Waals surface area contributed by atoms with Crippen molar-refractivity contribution >= 4 is 15.9 Å². The van der Waals surface area contributed by atoms with E-state index in [-0.39, 0.29) is 5.56 Å². The second-order valence-electron chi connectivity index (χ2n) is 2.65. The van der Waals surface area contributed by atoms with Crippen molar-refractivity contribution in [3.8, 4) is 0 Å². The summed E-state index contributed by atoms with van der Waals surface area (Å²) < 4.78 is 26.6. The maximum Gasteiger partial charge on any atom is 0.143 e. The molecule has 0 fully saturated rings. The highest BCUT2D eigenvalue weighted by atomic mass is 79.9. The first kappa shape index (κ1) is 10.4. The Kier molecular flexibility index (Phi) is 3.60. The average Bonchev–Trinajstić information content (AvgIpc) is 2.12. The second-order valence-corrected chi connectivity index (χ2v) is 3.50. The summed E-state index contributed by atoms with van der Waals surface area (Å²) in [5.74, 6) is -1.01. The van der Waals surface area contributed by atoms with E-state index in [0.717, 1.165) is 0 Å². The van der Waals surface area contributed by atoms with E-state index in [1.165, 1.54) is 12.1 Å². The third-order valence-corrected chi connectivity index (χ3v) is 2.35. The molecule has 0 aliphatic rings. The van der Waals surface area contributed by atoms with Gasteiger partial charge >= 0.3 is 0 Å². The molecule has 70 valence electrons. The van der Waals surface area contributed by atoms with Gasteiger partial charge in [-0.3, -0.25) is 0 Å². The lowest BCUT2D eigenvalue weighted by Crippen LogP contribution is -1.95. The SMILES string of the molecule is C=CCCc1c(F)ccc(Br)c1F. The standard InChI is InChI=1S/C10H9BrF2/c1-2-3-4-7-9(12)6-5-8(11)10(7)13/h2,5-6H,1,3-4H2. The summed E-state index contributed by atoms with van der Waals surface area (Å²) in [5.41, 5.74) is 0.120. The molecule has 0 atom stereocenters. The van der Waals surface area contributed by atoms with Gasteiger partial charge in [-0.15, -0.1) is 6.58 Å². The Hall–Kier alpha value is -0.700. The summed E-state index contributed by atoms with van der Waals surface area (Å²) in [5, 5.41) is 0. The van der Waals surface area contributed by atoms with Gasteiger partial charge in [0.25, 0.3) is 0 Å². The van der Waals surface area contributed by atoms with Crippen molar-refractivity contribution in [3.63, 3.8) is 0 Å². The van der Waals surface area contributed by atoms with Gasteiger partial charge in [0.05, 0.1) is 4.47 Å². The second kappa shape index (κ2) is 4.51. The Morgan fingerprint density at radius 3 is 2.69 bits per heavy atom.